The smallest absolute Gasteiger partial charge is 0.130 e. The molecule has 0 saturated carbocycles. The van der Waals surface area contributed by atoms with Gasteiger partial charge in [-0.3, -0.25) is 0 Å². The highest BCUT2D eigenvalue weighted by Crippen LogP contribution is 2.37. The van der Waals surface area contributed by atoms with Crippen LogP contribution < -0.4 is 0 Å². The molecule has 0 spiro atoms. The number of hydrogen-bond donors (Lipinski definition) is 2. The van der Waals surface area contributed by atoms with Crippen LogP contribution >= 0.6 is 0 Å². The predicted octanol–water partition coefficient (Wildman–Crippen LogP) is 2.19. The maximum absolute atomic E-state index is 10.9. The molecular weight excluding hydrogens is 192 g/mol. The van der Waals surface area contributed by atoms with Crippen LogP contribution in [0.2, 0.25) is 0 Å². The lowest BCUT2D eigenvalue weighted by Gasteiger charge is -2.21. The summed E-state index contributed by atoms with van der Waals surface area (Å²) in [6, 6.07) is 1.45. The number of benzene rings is 1. The summed E-state index contributed by atoms with van der Waals surface area (Å²) in [5, 5.41) is 19.5. The highest BCUT2D eigenvalue weighted by atomic mass is 16.3. The Morgan fingerprint density at radius 3 is 2.20 bits per heavy atom. The van der Waals surface area contributed by atoms with Crippen molar-refractivity contribution in [1.29, 1.82) is 0 Å². The van der Waals surface area contributed by atoms with Gasteiger partial charge < -0.3 is 15.0 Å². The number of carbonyl (C=O) groups is 1. The zero-order chi connectivity index (χ0) is 11.8. The highest BCUT2D eigenvalue weighted by Gasteiger charge is 2.25. The van der Waals surface area contributed by atoms with E-state index in [0.29, 0.717) is 16.7 Å². The molecule has 15 heavy (non-hydrogen) atoms. The minimum atomic E-state index is -0.792. The summed E-state index contributed by atoms with van der Waals surface area (Å²) >= 11 is 0. The second kappa shape index (κ2) is 3.57. The van der Waals surface area contributed by atoms with Gasteiger partial charge in [-0.2, -0.15) is 0 Å². The monoisotopic (exact) mass is 208 g/mol. The Kier molecular flexibility index (Phi) is 2.75. The lowest BCUT2D eigenvalue weighted by Crippen LogP contribution is -2.19. The van der Waals surface area contributed by atoms with E-state index in [0.717, 1.165) is 6.29 Å². The molecule has 0 bridgehead atoms. The topological polar surface area (TPSA) is 57.5 Å². The average Bonchev–Trinajstić information content (AvgIpc) is 2.20. The number of aldehydes is 1. The number of aromatic hydroxyl groups is 2. The molecule has 2 N–H and O–H groups in total. The van der Waals surface area contributed by atoms with Crippen molar-refractivity contribution in [1.82, 2.24) is 0 Å². The molecule has 0 radical (unpaired) electrons. The molecule has 0 atom stereocenters. The number of hydrogen-bond acceptors (Lipinski definition) is 3. The molecule has 0 amide bonds. The quantitative estimate of drug-likeness (QED) is 0.578. The van der Waals surface area contributed by atoms with Gasteiger partial charge in [-0.05, 0) is 44.9 Å². The summed E-state index contributed by atoms with van der Waals surface area (Å²) in [5.74, 6) is 0.192. The van der Waals surface area contributed by atoms with Crippen molar-refractivity contribution in [3.63, 3.8) is 0 Å². The Labute approximate surface area is 89.4 Å². The van der Waals surface area contributed by atoms with E-state index in [9.17, 15) is 15.0 Å². The molecule has 0 aliphatic heterocycles. The molecule has 0 heterocycles. The maximum Gasteiger partial charge on any atom is 0.130 e. The lowest BCUT2D eigenvalue weighted by molar-refractivity contribution is -0.111. The zero-order valence-electron chi connectivity index (χ0n) is 9.46. The van der Waals surface area contributed by atoms with Gasteiger partial charge >= 0.3 is 0 Å². The molecule has 3 nitrogen and oxygen atoms in total. The van der Waals surface area contributed by atoms with Crippen LogP contribution in [-0.2, 0) is 10.2 Å². The molecule has 0 unspecified atom stereocenters. The second-order valence-electron chi connectivity index (χ2n) is 4.38. The van der Waals surface area contributed by atoms with Crippen LogP contribution in [0, 0.1) is 13.8 Å². The lowest BCUT2D eigenvalue weighted by atomic mass is 9.83. The molecule has 0 aliphatic rings. The van der Waals surface area contributed by atoms with E-state index in [1.165, 1.54) is 6.07 Å². The molecule has 0 aromatic heterocycles. The first-order valence-electron chi connectivity index (χ1n) is 4.80. The molecule has 0 saturated heterocycles. The van der Waals surface area contributed by atoms with Gasteiger partial charge in [0.2, 0.25) is 0 Å². The summed E-state index contributed by atoms with van der Waals surface area (Å²) in [4.78, 5) is 10.9. The van der Waals surface area contributed by atoms with Crippen molar-refractivity contribution in [3.8, 4) is 11.5 Å². The fraction of sp³-hybridized carbons (Fsp3) is 0.417. The maximum atomic E-state index is 10.9. The van der Waals surface area contributed by atoms with Gasteiger partial charge in [-0.15, -0.1) is 0 Å². The van der Waals surface area contributed by atoms with Crippen LogP contribution in [0.4, 0.5) is 0 Å². The first-order chi connectivity index (χ1) is 6.81. The number of rotatable bonds is 2. The fourth-order valence-electron chi connectivity index (χ4n) is 1.44. The molecular formula is C12H16O3. The van der Waals surface area contributed by atoms with Gasteiger partial charge in [0.25, 0.3) is 0 Å². The largest absolute Gasteiger partial charge is 0.508 e. The number of carbonyl (C=O) groups excluding carboxylic acids is 1. The minimum Gasteiger partial charge on any atom is -0.508 e. The standard InChI is InChI=1S/C12H16O3/c1-7-8(2)11(15)9(5-10(7)14)12(3,4)6-13/h5-6,14-15H,1-4H3. The molecule has 1 aromatic rings. The predicted molar refractivity (Wildman–Crippen MR) is 58.3 cm³/mol. The van der Waals surface area contributed by atoms with Gasteiger partial charge in [0.15, 0.2) is 0 Å². The van der Waals surface area contributed by atoms with E-state index in [1.807, 2.05) is 0 Å². The van der Waals surface area contributed by atoms with E-state index in [1.54, 1.807) is 27.7 Å². The summed E-state index contributed by atoms with van der Waals surface area (Å²) in [5.41, 5.74) is 0.913. The van der Waals surface area contributed by atoms with E-state index in [-0.39, 0.29) is 11.5 Å². The summed E-state index contributed by atoms with van der Waals surface area (Å²) in [7, 11) is 0. The molecule has 0 fully saturated rings. The summed E-state index contributed by atoms with van der Waals surface area (Å²) < 4.78 is 0. The van der Waals surface area contributed by atoms with Crippen LogP contribution in [0.25, 0.3) is 0 Å². The van der Waals surface area contributed by atoms with Crippen molar-refractivity contribution < 1.29 is 15.0 Å². The SMILES string of the molecule is Cc1c(O)cc(C(C)(C)C=O)c(O)c1C. The van der Waals surface area contributed by atoms with Crippen LogP contribution in [-0.4, -0.2) is 16.5 Å². The van der Waals surface area contributed by atoms with Gasteiger partial charge in [-0.1, -0.05) is 0 Å². The molecule has 0 aliphatic carbocycles. The van der Waals surface area contributed by atoms with E-state index < -0.39 is 5.41 Å². The minimum absolute atomic E-state index is 0.0856. The third-order valence-corrected chi connectivity index (χ3v) is 2.83. The van der Waals surface area contributed by atoms with Gasteiger partial charge in [-0.25, -0.2) is 0 Å². The Morgan fingerprint density at radius 2 is 1.73 bits per heavy atom. The second-order valence-corrected chi connectivity index (χ2v) is 4.38. The summed E-state index contributed by atoms with van der Waals surface area (Å²) in [6.07, 6.45) is 0.760. The van der Waals surface area contributed by atoms with Gasteiger partial charge in [0.05, 0.1) is 0 Å². The number of phenols is 2. The Hall–Kier alpha value is -1.51. The van der Waals surface area contributed by atoms with E-state index in [4.69, 9.17) is 0 Å². The van der Waals surface area contributed by atoms with Crippen LogP contribution in [0.3, 0.4) is 0 Å². The third-order valence-electron chi connectivity index (χ3n) is 2.83. The van der Waals surface area contributed by atoms with Crippen molar-refractivity contribution in [3.05, 3.63) is 22.8 Å². The van der Waals surface area contributed by atoms with Crippen molar-refractivity contribution in [2.45, 2.75) is 33.1 Å². The molecule has 1 rings (SSSR count). The molecule has 1 aromatic carbocycles. The van der Waals surface area contributed by atoms with E-state index in [2.05, 4.69) is 0 Å². The van der Waals surface area contributed by atoms with E-state index >= 15 is 0 Å². The van der Waals surface area contributed by atoms with Crippen molar-refractivity contribution >= 4 is 6.29 Å². The third kappa shape index (κ3) is 1.82. The van der Waals surface area contributed by atoms with Crippen LogP contribution in [0.5, 0.6) is 11.5 Å². The first-order valence-corrected chi connectivity index (χ1v) is 4.80. The first kappa shape index (κ1) is 11.6. The Balaban J connectivity index is 3.52. The zero-order valence-corrected chi connectivity index (χ0v) is 9.46. The highest BCUT2D eigenvalue weighted by molar-refractivity contribution is 5.71. The molecule has 3 heteroatoms. The van der Waals surface area contributed by atoms with Crippen molar-refractivity contribution in [2.75, 3.05) is 0 Å². The fourth-order valence-corrected chi connectivity index (χ4v) is 1.44. The Morgan fingerprint density at radius 1 is 1.20 bits per heavy atom. The normalized spacial score (nSPS) is 11.5. The van der Waals surface area contributed by atoms with Gasteiger partial charge in [0.1, 0.15) is 17.8 Å². The van der Waals surface area contributed by atoms with Crippen LogP contribution in [0.15, 0.2) is 6.07 Å². The molecule has 82 valence electrons. The van der Waals surface area contributed by atoms with Crippen LogP contribution in [0.1, 0.15) is 30.5 Å². The summed E-state index contributed by atoms with van der Waals surface area (Å²) in [6.45, 7) is 6.84. The van der Waals surface area contributed by atoms with Crippen molar-refractivity contribution in [2.24, 2.45) is 0 Å². The Bertz CT molecular complexity index is 406. The number of phenolic OH excluding ortho intramolecular Hbond substituents is 2. The average molecular weight is 208 g/mol. The van der Waals surface area contributed by atoms with Gasteiger partial charge in [0, 0.05) is 11.0 Å².